The molecule has 3 aromatic rings. The first-order valence-corrected chi connectivity index (χ1v) is 8.10. The van der Waals surface area contributed by atoms with Crippen LogP contribution in [0.2, 0.25) is 5.02 Å². The number of aromatic carboxylic acids is 1. The molecule has 2 aromatic heterocycles. The van der Waals surface area contributed by atoms with E-state index in [1.54, 1.807) is 36.7 Å². The average molecular weight is 376 g/mol. The standard InChI is InChI=1S/C18H15ClFN3O3/c1-9(14-7-12(18(25)26)13(20)8-21-14)22-17(24)16-5-10-3-4-11(19)6-15(10)23(16)2/h3-9H,1-2H3,(H,22,24)(H,25,26). The van der Waals surface area contributed by atoms with Gasteiger partial charge >= 0.3 is 5.97 Å². The molecule has 2 heterocycles. The molecule has 2 N–H and O–H groups in total. The molecule has 26 heavy (non-hydrogen) atoms. The maximum atomic E-state index is 13.5. The Kier molecular flexibility index (Phi) is 4.65. The molecule has 6 nitrogen and oxygen atoms in total. The van der Waals surface area contributed by atoms with E-state index in [9.17, 15) is 14.0 Å². The minimum absolute atomic E-state index is 0.249. The van der Waals surface area contributed by atoms with Gasteiger partial charge in [-0.1, -0.05) is 17.7 Å². The highest BCUT2D eigenvalue weighted by Gasteiger charge is 2.19. The molecular weight excluding hydrogens is 361 g/mol. The average Bonchev–Trinajstić information content (AvgIpc) is 2.91. The minimum Gasteiger partial charge on any atom is -0.478 e. The van der Waals surface area contributed by atoms with Crippen LogP contribution < -0.4 is 5.32 Å². The Morgan fingerprint density at radius 3 is 2.73 bits per heavy atom. The molecule has 0 spiro atoms. The van der Waals surface area contributed by atoms with Crippen molar-refractivity contribution >= 4 is 34.4 Å². The third-order valence-electron chi connectivity index (χ3n) is 4.14. The van der Waals surface area contributed by atoms with Crippen LogP contribution in [-0.2, 0) is 7.05 Å². The van der Waals surface area contributed by atoms with Crippen molar-refractivity contribution in [2.45, 2.75) is 13.0 Å². The van der Waals surface area contributed by atoms with E-state index in [0.717, 1.165) is 23.2 Å². The number of fused-ring (bicyclic) bond motifs is 1. The summed E-state index contributed by atoms with van der Waals surface area (Å²) in [5, 5.41) is 13.2. The first-order chi connectivity index (χ1) is 12.3. The van der Waals surface area contributed by atoms with Gasteiger partial charge in [0, 0.05) is 23.0 Å². The maximum absolute atomic E-state index is 13.5. The number of carboxylic acid groups (broad SMARTS) is 1. The first-order valence-electron chi connectivity index (χ1n) is 7.72. The van der Waals surface area contributed by atoms with Gasteiger partial charge in [-0.15, -0.1) is 0 Å². The summed E-state index contributed by atoms with van der Waals surface area (Å²) in [5.74, 6) is -2.68. The fourth-order valence-corrected chi connectivity index (χ4v) is 2.89. The number of carbonyl (C=O) groups excluding carboxylic acids is 1. The summed E-state index contributed by atoms with van der Waals surface area (Å²) < 4.78 is 15.2. The van der Waals surface area contributed by atoms with Crippen LogP contribution in [-0.4, -0.2) is 26.5 Å². The van der Waals surface area contributed by atoms with Crippen molar-refractivity contribution in [3.8, 4) is 0 Å². The van der Waals surface area contributed by atoms with Crippen molar-refractivity contribution in [2.24, 2.45) is 7.05 Å². The van der Waals surface area contributed by atoms with Gasteiger partial charge in [-0.2, -0.15) is 0 Å². The Bertz CT molecular complexity index is 1030. The second-order valence-electron chi connectivity index (χ2n) is 5.88. The van der Waals surface area contributed by atoms with E-state index >= 15 is 0 Å². The lowest BCUT2D eigenvalue weighted by molar-refractivity contribution is 0.0691. The summed E-state index contributed by atoms with van der Waals surface area (Å²) >= 11 is 6.00. The van der Waals surface area contributed by atoms with Crippen molar-refractivity contribution in [1.29, 1.82) is 0 Å². The fraction of sp³-hybridized carbons (Fsp3) is 0.167. The molecule has 1 aromatic carbocycles. The Balaban J connectivity index is 1.87. The largest absolute Gasteiger partial charge is 0.478 e. The molecule has 0 aliphatic rings. The van der Waals surface area contributed by atoms with Gasteiger partial charge in [-0.25, -0.2) is 9.18 Å². The van der Waals surface area contributed by atoms with Crippen molar-refractivity contribution in [3.05, 3.63) is 64.3 Å². The van der Waals surface area contributed by atoms with Crippen LogP contribution in [0.1, 0.15) is 39.5 Å². The molecule has 3 rings (SSSR count). The number of nitrogens with zero attached hydrogens (tertiary/aromatic N) is 2. The van der Waals surface area contributed by atoms with E-state index in [0.29, 0.717) is 10.7 Å². The molecule has 0 radical (unpaired) electrons. The molecule has 0 saturated carbocycles. The number of benzene rings is 1. The summed E-state index contributed by atoms with van der Waals surface area (Å²) in [6, 6.07) is 7.56. The minimum atomic E-state index is -1.39. The van der Waals surface area contributed by atoms with Crippen LogP contribution in [0.3, 0.4) is 0 Å². The highest BCUT2D eigenvalue weighted by atomic mass is 35.5. The molecule has 0 bridgehead atoms. The molecule has 0 aliphatic carbocycles. The smallest absolute Gasteiger partial charge is 0.338 e. The highest BCUT2D eigenvalue weighted by molar-refractivity contribution is 6.31. The van der Waals surface area contributed by atoms with Gasteiger partial charge in [0.25, 0.3) is 5.91 Å². The molecule has 1 atom stereocenters. The lowest BCUT2D eigenvalue weighted by atomic mass is 10.1. The lowest BCUT2D eigenvalue weighted by Crippen LogP contribution is -2.29. The van der Waals surface area contributed by atoms with Crippen LogP contribution in [0.5, 0.6) is 0 Å². The Morgan fingerprint density at radius 1 is 1.31 bits per heavy atom. The van der Waals surface area contributed by atoms with Gasteiger partial charge < -0.3 is 15.0 Å². The number of aryl methyl sites for hydroxylation is 1. The van der Waals surface area contributed by atoms with E-state index in [1.165, 1.54) is 0 Å². The quantitative estimate of drug-likeness (QED) is 0.730. The van der Waals surface area contributed by atoms with Crippen molar-refractivity contribution in [2.75, 3.05) is 0 Å². The zero-order valence-electron chi connectivity index (χ0n) is 14.0. The topological polar surface area (TPSA) is 84.2 Å². The SMILES string of the molecule is CC(NC(=O)c1cc2ccc(Cl)cc2n1C)c1cc(C(=O)O)c(F)cn1. The van der Waals surface area contributed by atoms with Crippen molar-refractivity contribution < 1.29 is 19.1 Å². The third kappa shape index (κ3) is 3.25. The summed E-state index contributed by atoms with van der Waals surface area (Å²) in [4.78, 5) is 27.5. The number of carboxylic acids is 1. The molecule has 0 aliphatic heterocycles. The maximum Gasteiger partial charge on any atom is 0.338 e. The Labute approximate surface area is 153 Å². The summed E-state index contributed by atoms with van der Waals surface area (Å²) in [5.41, 5.74) is 0.979. The molecule has 0 fully saturated rings. The third-order valence-corrected chi connectivity index (χ3v) is 4.37. The van der Waals surface area contributed by atoms with E-state index in [-0.39, 0.29) is 11.6 Å². The lowest BCUT2D eigenvalue weighted by Gasteiger charge is -2.14. The molecule has 1 unspecified atom stereocenters. The number of aromatic nitrogens is 2. The number of halogens is 2. The highest BCUT2D eigenvalue weighted by Crippen LogP contribution is 2.23. The summed E-state index contributed by atoms with van der Waals surface area (Å²) in [6.45, 7) is 1.64. The molecular formula is C18H15ClFN3O3. The van der Waals surface area contributed by atoms with Crippen LogP contribution in [0.15, 0.2) is 36.5 Å². The van der Waals surface area contributed by atoms with Crippen molar-refractivity contribution in [1.82, 2.24) is 14.9 Å². The monoisotopic (exact) mass is 375 g/mol. The van der Waals surface area contributed by atoms with Gasteiger partial charge in [-0.05, 0) is 31.2 Å². The number of nitrogens with one attached hydrogen (secondary N) is 1. The first kappa shape index (κ1) is 17.9. The zero-order valence-corrected chi connectivity index (χ0v) is 14.7. The number of rotatable bonds is 4. The van der Waals surface area contributed by atoms with Crippen LogP contribution in [0.25, 0.3) is 10.9 Å². The number of hydrogen-bond donors (Lipinski definition) is 2. The second kappa shape index (κ2) is 6.76. The van der Waals surface area contributed by atoms with Gasteiger partial charge in [0.2, 0.25) is 0 Å². The number of hydrogen-bond acceptors (Lipinski definition) is 3. The van der Waals surface area contributed by atoms with Crippen LogP contribution in [0.4, 0.5) is 4.39 Å². The second-order valence-corrected chi connectivity index (χ2v) is 6.32. The molecule has 1 amide bonds. The van der Waals surface area contributed by atoms with E-state index in [2.05, 4.69) is 10.3 Å². The summed E-state index contributed by atoms with van der Waals surface area (Å²) in [7, 11) is 1.75. The van der Waals surface area contributed by atoms with Crippen LogP contribution in [0, 0.1) is 5.82 Å². The van der Waals surface area contributed by atoms with E-state index < -0.39 is 23.4 Å². The molecule has 0 saturated heterocycles. The summed E-state index contributed by atoms with van der Waals surface area (Å²) in [6.07, 6.45) is 0.834. The number of pyridine rings is 1. The van der Waals surface area contributed by atoms with Crippen molar-refractivity contribution in [3.63, 3.8) is 0 Å². The van der Waals surface area contributed by atoms with Gasteiger partial charge in [0.05, 0.1) is 23.5 Å². The van der Waals surface area contributed by atoms with E-state index in [1.807, 2.05) is 6.07 Å². The number of amides is 1. The van der Waals surface area contributed by atoms with E-state index in [4.69, 9.17) is 16.7 Å². The molecule has 134 valence electrons. The van der Waals surface area contributed by atoms with Gasteiger partial charge in [-0.3, -0.25) is 9.78 Å². The van der Waals surface area contributed by atoms with Gasteiger partial charge in [0.15, 0.2) is 5.82 Å². The Morgan fingerprint density at radius 2 is 2.04 bits per heavy atom. The zero-order chi connectivity index (χ0) is 19.0. The predicted molar refractivity (Wildman–Crippen MR) is 95.0 cm³/mol. The fourth-order valence-electron chi connectivity index (χ4n) is 2.72. The predicted octanol–water partition coefficient (Wildman–Crippen LogP) is 3.56. The van der Waals surface area contributed by atoms with Crippen LogP contribution >= 0.6 is 11.6 Å². The normalized spacial score (nSPS) is 12.2. The number of carbonyl (C=O) groups is 2. The Hall–Kier alpha value is -2.93. The molecule has 8 heteroatoms. The van der Waals surface area contributed by atoms with Gasteiger partial charge in [0.1, 0.15) is 5.69 Å².